The number of hydrogen-bond acceptors (Lipinski definition) is 4. The average molecular weight is 280 g/mol. The molecule has 0 radical (unpaired) electrons. The molecule has 1 atom stereocenters. The second-order valence-corrected chi connectivity index (χ2v) is 5.34. The molecule has 0 saturated carbocycles. The molecule has 1 aromatic heterocycles. The minimum atomic E-state index is -0.406. The van der Waals surface area contributed by atoms with E-state index < -0.39 is 5.91 Å². The zero-order valence-corrected chi connectivity index (χ0v) is 11.3. The summed E-state index contributed by atoms with van der Waals surface area (Å²) in [4.78, 5) is 11.0. The molecule has 5 nitrogen and oxygen atoms in total. The van der Waals surface area contributed by atoms with Crippen molar-refractivity contribution in [1.82, 2.24) is 14.8 Å². The molecule has 7 heteroatoms. The fourth-order valence-electron chi connectivity index (χ4n) is 1.48. The van der Waals surface area contributed by atoms with Crippen LogP contribution in [0.1, 0.15) is 6.92 Å². The summed E-state index contributed by atoms with van der Waals surface area (Å²) in [6, 6.07) is 5.99. The molecule has 0 aliphatic carbocycles. The summed E-state index contributed by atoms with van der Waals surface area (Å²) >= 11 is 1.24. The predicted octanol–water partition coefficient (Wildman–Crippen LogP) is 1.59. The Hall–Kier alpha value is -1.89. The standard InChI is InChI=1S/C12H13FN4OS/c1-7(10(14)18)19-12-16-15-11(17(12)2)8-3-5-9(13)6-4-8/h3-7H,1-2H3,(H2,14,18). The van der Waals surface area contributed by atoms with E-state index in [1.54, 1.807) is 30.7 Å². The molecule has 0 saturated heterocycles. The minimum absolute atomic E-state index is 0.303. The molecule has 100 valence electrons. The minimum Gasteiger partial charge on any atom is -0.369 e. The first-order valence-electron chi connectivity index (χ1n) is 5.60. The van der Waals surface area contributed by atoms with Gasteiger partial charge >= 0.3 is 0 Å². The SMILES string of the molecule is CC(Sc1nnc(-c2ccc(F)cc2)n1C)C(N)=O. The molecule has 0 aliphatic rings. The van der Waals surface area contributed by atoms with Gasteiger partial charge in [-0.2, -0.15) is 0 Å². The van der Waals surface area contributed by atoms with E-state index in [-0.39, 0.29) is 11.1 Å². The van der Waals surface area contributed by atoms with Crippen LogP contribution in [-0.2, 0) is 11.8 Å². The summed E-state index contributed by atoms with van der Waals surface area (Å²) in [5.41, 5.74) is 5.97. The lowest BCUT2D eigenvalue weighted by Crippen LogP contribution is -2.22. The number of amides is 1. The monoisotopic (exact) mass is 280 g/mol. The van der Waals surface area contributed by atoms with Crippen LogP contribution in [0.4, 0.5) is 4.39 Å². The number of primary amides is 1. The number of hydrogen-bond donors (Lipinski definition) is 1. The topological polar surface area (TPSA) is 73.8 Å². The Morgan fingerprint density at radius 3 is 2.58 bits per heavy atom. The van der Waals surface area contributed by atoms with Gasteiger partial charge in [0.05, 0.1) is 5.25 Å². The lowest BCUT2D eigenvalue weighted by Gasteiger charge is -2.06. The molecule has 1 aromatic carbocycles. The van der Waals surface area contributed by atoms with Gasteiger partial charge in [-0.05, 0) is 31.2 Å². The van der Waals surface area contributed by atoms with Crippen molar-refractivity contribution in [2.24, 2.45) is 12.8 Å². The van der Waals surface area contributed by atoms with Gasteiger partial charge in [-0.3, -0.25) is 4.79 Å². The predicted molar refractivity (Wildman–Crippen MR) is 70.9 cm³/mol. The fraction of sp³-hybridized carbons (Fsp3) is 0.250. The lowest BCUT2D eigenvalue weighted by atomic mass is 10.2. The molecule has 2 N–H and O–H groups in total. The second-order valence-electron chi connectivity index (χ2n) is 4.03. The third-order valence-corrected chi connectivity index (χ3v) is 3.77. The molecule has 2 aromatic rings. The normalized spacial score (nSPS) is 12.4. The first-order valence-corrected chi connectivity index (χ1v) is 6.48. The zero-order chi connectivity index (χ0) is 14.0. The summed E-state index contributed by atoms with van der Waals surface area (Å²) in [6.07, 6.45) is 0. The molecule has 0 fully saturated rings. The van der Waals surface area contributed by atoms with Crippen molar-refractivity contribution in [3.05, 3.63) is 30.1 Å². The fourth-order valence-corrected chi connectivity index (χ4v) is 2.25. The van der Waals surface area contributed by atoms with E-state index in [9.17, 15) is 9.18 Å². The van der Waals surface area contributed by atoms with Gasteiger partial charge < -0.3 is 10.3 Å². The van der Waals surface area contributed by atoms with E-state index in [1.165, 1.54) is 23.9 Å². The average Bonchev–Trinajstić information content (AvgIpc) is 2.72. The summed E-state index contributed by atoms with van der Waals surface area (Å²) < 4.78 is 14.6. The summed E-state index contributed by atoms with van der Waals surface area (Å²) in [5, 5.41) is 8.26. The van der Waals surface area contributed by atoms with Crippen molar-refractivity contribution in [2.75, 3.05) is 0 Å². The highest BCUT2D eigenvalue weighted by Crippen LogP contribution is 2.25. The van der Waals surface area contributed by atoms with Crippen LogP contribution in [0.15, 0.2) is 29.4 Å². The van der Waals surface area contributed by atoms with Crippen molar-refractivity contribution >= 4 is 17.7 Å². The van der Waals surface area contributed by atoms with Crippen LogP contribution < -0.4 is 5.73 Å². The van der Waals surface area contributed by atoms with Crippen LogP contribution in [0.2, 0.25) is 0 Å². The zero-order valence-electron chi connectivity index (χ0n) is 10.5. The van der Waals surface area contributed by atoms with Crippen LogP contribution in [0.25, 0.3) is 11.4 Å². The molecule has 1 amide bonds. The largest absolute Gasteiger partial charge is 0.369 e. The first kappa shape index (κ1) is 13.5. The Labute approximate surface area is 114 Å². The maximum Gasteiger partial charge on any atom is 0.230 e. The van der Waals surface area contributed by atoms with Gasteiger partial charge in [-0.15, -0.1) is 10.2 Å². The van der Waals surface area contributed by atoms with Gasteiger partial charge in [0.1, 0.15) is 5.82 Å². The van der Waals surface area contributed by atoms with E-state index in [1.807, 2.05) is 0 Å². The van der Waals surface area contributed by atoms with Crippen LogP contribution in [0.5, 0.6) is 0 Å². The molecule has 1 unspecified atom stereocenters. The van der Waals surface area contributed by atoms with Gasteiger partial charge in [0.2, 0.25) is 5.91 Å². The number of carbonyl (C=O) groups is 1. The Morgan fingerprint density at radius 2 is 2.00 bits per heavy atom. The molecular weight excluding hydrogens is 267 g/mol. The summed E-state index contributed by atoms with van der Waals surface area (Å²) in [7, 11) is 1.79. The lowest BCUT2D eigenvalue weighted by molar-refractivity contribution is -0.117. The van der Waals surface area contributed by atoms with Crippen molar-refractivity contribution in [2.45, 2.75) is 17.3 Å². The Morgan fingerprint density at radius 1 is 1.37 bits per heavy atom. The Kier molecular flexibility index (Phi) is 3.84. The molecule has 0 bridgehead atoms. The Bertz CT molecular complexity index is 596. The highest BCUT2D eigenvalue weighted by atomic mass is 32.2. The number of rotatable bonds is 4. The van der Waals surface area contributed by atoms with Gasteiger partial charge in [0.25, 0.3) is 0 Å². The van der Waals surface area contributed by atoms with Gasteiger partial charge in [0.15, 0.2) is 11.0 Å². The number of thioether (sulfide) groups is 1. The van der Waals surface area contributed by atoms with E-state index in [0.717, 1.165) is 5.56 Å². The highest BCUT2D eigenvalue weighted by molar-refractivity contribution is 8.00. The number of halogens is 1. The molecule has 2 rings (SSSR count). The molecule has 1 heterocycles. The summed E-state index contributed by atoms with van der Waals surface area (Å²) in [5.74, 6) is -0.0987. The molecule has 0 aliphatic heterocycles. The van der Waals surface area contributed by atoms with Crippen LogP contribution >= 0.6 is 11.8 Å². The van der Waals surface area contributed by atoms with E-state index in [4.69, 9.17) is 5.73 Å². The maximum atomic E-state index is 12.9. The van der Waals surface area contributed by atoms with Gasteiger partial charge in [0, 0.05) is 12.6 Å². The number of nitrogens with two attached hydrogens (primary N) is 1. The van der Waals surface area contributed by atoms with Crippen molar-refractivity contribution in [3.8, 4) is 11.4 Å². The van der Waals surface area contributed by atoms with E-state index >= 15 is 0 Å². The Balaban J connectivity index is 2.27. The van der Waals surface area contributed by atoms with Gasteiger partial charge in [-0.25, -0.2) is 4.39 Å². The first-order chi connectivity index (χ1) is 8.99. The number of nitrogens with zero attached hydrogens (tertiary/aromatic N) is 3. The maximum absolute atomic E-state index is 12.9. The van der Waals surface area contributed by atoms with E-state index in [0.29, 0.717) is 11.0 Å². The molecule has 19 heavy (non-hydrogen) atoms. The van der Waals surface area contributed by atoms with Crippen LogP contribution in [-0.4, -0.2) is 25.9 Å². The third-order valence-electron chi connectivity index (χ3n) is 2.62. The second kappa shape index (κ2) is 5.40. The smallest absolute Gasteiger partial charge is 0.230 e. The summed E-state index contributed by atoms with van der Waals surface area (Å²) in [6.45, 7) is 1.71. The van der Waals surface area contributed by atoms with Crippen LogP contribution in [0.3, 0.4) is 0 Å². The number of carbonyl (C=O) groups excluding carboxylic acids is 1. The highest BCUT2D eigenvalue weighted by Gasteiger charge is 2.17. The quantitative estimate of drug-likeness (QED) is 0.863. The molecule has 0 spiro atoms. The van der Waals surface area contributed by atoms with Crippen LogP contribution in [0, 0.1) is 5.82 Å². The molecular formula is C12H13FN4OS. The van der Waals surface area contributed by atoms with Crippen molar-refractivity contribution in [1.29, 1.82) is 0 Å². The number of benzene rings is 1. The van der Waals surface area contributed by atoms with Crippen molar-refractivity contribution < 1.29 is 9.18 Å². The van der Waals surface area contributed by atoms with Crippen molar-refractivity contribution in [3.63, 3.8) is 0 Å². The van der Waals surface area contributed by atoms with Gasteiger partial charge in [-0.1, -0.05) is 11.8 Å². The third kappa shape index (κ3) is 2.93. The van der Waals surface area contributed by atoms with E-state index in [2.05, 4.69) is 10.2 Å². The number of aromatic nitrogens is 3.